The maximum Gasteiger partial charge on any atom is 0.251 e. The Morgan fingerprint density at radius 2 is 2.12 bits per heavy atom. The SMILES string of the molecule is CC[C@@H](NC(=O)c1ccc2nc[nH]c2c1)[C@H](O)c1ccccc1F. The lowest BCUT2D eigenvalue weighted by atomic mass is 9.99. The molecule has 24 heavy (non-hydrogen) atoms. The van der Waals surface area contributed by atoms with Gasteiger partial charge in [0.15, 0.2) is 0 Å². The van der Waals surface area contributed by atoms with Gasteiger partial charge in [0, 0.05) is 11.1 Å². The third-order valence-electron chi connectivity index (χ3n) is 4.04. The number of nitrogens with one attached hydrogen (secondary N) is 2. The van der Waals surface area contributed by atoms with Gasteiger partial charge in [0.1, 0.15) is 11.9 Å². The average Bonchev–Trinajstić information content (AvgIpc) is 3.07. The van der Waals surface area contributed by atoms with E-state index in [4.69, 9.17) is 0 Å². The highest BCUT2D eigenvalue weighted by atomic mass is 19.1. The van der Waals surface area contributed by atoms with Gasteiger partial charge in [-0.3, -0.25) is 4.79 Å². The molecule has 0 saturated heterocycles. The third-order valence-corrected chi connectivity index (χ3v) is 4.04. The fourth-order valence-corrected chi connectivity index (χ4v) is 2.66. The van der Waals surface area contributed by atoms with Gasteiger partial charge in [0.05, 0.1) is 23.4 Å². The number of aliphatic hydroxyl groups excluding tert-OH is 1. The van der Waals surface area contributed by atoms with E-state index in [9.17, 15) is 14.3 Å². The topological polar surface area (TPSA) is 78.0 Å². The Balaban J connectivity index is 1.79. The summed E-state index contributed by atoms with van der Waals surface area (Å²) >= 11 is 0. The molecule has 124 valence electrons. The molecule has 1 heterocycles. The second-order valence-corrected chi connectivity index (χ2v) is 5.59. The first kappa shape index (κ1) is 16.1. The van der Waals surface area contributed by atoms with Crippen LogP contribution >= 0.6 is 0 Å². The number of imidazole rings is 1. The fourth-order valence-electron chi connectivity index (χ4n) is 2.66. The number of aromatic amines is 1. The van der Waals surface area contributed by atoms with Crippen molar-refractivity contribution in [3.63, 3.8) is 0 Å². The number of H-pyrrole nitrogens is 1. The summed E-state index contributed by atoms with van der Waals surface area (Å²) in [7, 11) is 0. The maximum atomic E-state index is 13.9. The van der Waals surface area contributed by atoms with Gasteiger partial charge in [-0.15, -0.1) is 0 Å². The van der Waals surface area contributed by atoms with Crippen molar-refractivity contribution >= 4 is 16.9 Å². The summed E-state index contributed by atoms with van der Waals surface area (Å²) in [5, 5.41) is 13.2. The number of hydrogen-bond donors (Lipinski definition) is 3. The molecule has 0 radical (unpaired) electrons. The van der Waals surface area contributed by atoms with Gasteiger partial charge in [0.25, 0.3) is 5.91 Å². The van der Waals surface area contributed by atoms with Crippen molar-refractivity contribution in [3.05, 3.63) is 65.7 Å². The van der Waals surface area contributed by atoms with Gasteiger partial charge in [0.2, 0.25) is 0 Å². The zero-order valence-electron chi connectivity index (χ0n) is 13.2. The first-order valence-corrected chi connectivity index (χ1v) is 7.76. The predicted octanol–water partition coefficient (Wildman–Crippen LogP) is 2.94. The molecule has 0 aliphatic heterocycles. The molecule has 0 bridgehead atoms. The van der Waals surface area contributed by atoms with E-state index < -0.39 is 18.0 Å². The number of carbonyl (C=O) groups is 1. The summed E-state index contributed by atoms with van der Waals surface area (Å²) < 4.78 is 13.9. The van der Waals surface area contributed by atoms with Crippen molar-refractivity contribution in [2.45, 2.75) is 25.5 Å². The van der Waals surface area contributed by atoms with E-state index in [0.717, 1.165) is 11.0 Å². The monoisotopic (exact) mass is 327 g/mol. The molecule has 1 aromatic heterocycles. The van der Waals surface area contributed by atoms with Gasteiger partial charge >= 0.3 is 0 Å². The smallest absolute Gasteiger partial charge is 0.251 e. The van der Waals surface area contributed by atoms with Crippen molar-refractivity contribution < 1.29 is 14.3 Å². The number of nitrogens with zero attached hydrogens (tertiary/aromatic N) is 1. The van der Waals surface area contributed by atoms with E-state index in [2.05, 4.69) is 15.3 Å². The number of amides is 1. The van der Waals surface area contributed by atoms with Crippen LogP contribution in [0.5, 0.6) is 0 Å². The Morgan fingerprint density at radius 1 is 1.33 bits per heavy atom. The highest BCUT2D eigenvalue weighted by Crippen LogP contribution is 2.22. The lowest BCUT2D eigenvalue weighted by Gasteiger charge is -2.23. The van der Waals surface area contributed by atoms with E-state index in [1.54, 1.807) is 36.7 Å². The molecule has 3 N–H and O–H groups in total. The lowest BCUT2D eigenvalue weighted by Crippen LogP contribution is -2.39. The molecule has 1 amide bonds. The van der Waals surface area contributed by atoms with Crippen LogP contribution in [-0.4, -0.2) is 27.0 Å². The summed E-state index contributed by atoms with van der Waals surface area (Å²) in [5.74, 6) is -0.815. The molecule has 0 fully saturated rings. The number of aromatic nitrogens is 2. The predicted molar refractivity (Wildman–Crippen MR) is 89.0 cm³/mol. The van der Waals surface area contributed by atoms with E-state index in [-0.39, 0.29) is 11.5 Å². The number of aliphatic hydroxyl groups is 1. The third kappa shape index (κ3) is 3.14. The van der Waals surface area contributed by atoms with Crippen LogP contribution in [0.2, 0.25) is 0 Å². The number of carbonyl (C=O) groups excluding carboxylic acids is 1. The molecule has 3 aromatic rings. The zero-order valence-corrected chi connectivity index (χ0v) is 13.2. The van der Waals surface area contributed by atoms with Crippen LogP contribution in [0.4, 0.5) is 4.39 Å². The summed E-state index contributed by atoms with van der Waals surface area (Å²) in [6.45, 7) is 1.83. The zero-order chi connectivity index (χ0) is 17.1. The molecule has 0 aliphatic rings. The van der Waals surface area contributed by atoms with Crippen molar-refractivity contribution in [1.82, 2.24) is 15.3 Å². The normalized spacial score (nSPS) is 13.6. The van der Waals surface area contributed by atoms with Crippen LogP contribution in [0.3, 0.4) is 0 Å². The van der Waals surface area contributed by atoms with Crippen molar-refractivity contribution in [2.75, 3.05) is 0 Å². The summed E-state index contributed by atoms with van der Waals surface area (Å²) in [6.07, 6.45) is 0.910. The van der Waals surface area contributed by atoms with E-state index in [1.807, 2.05) is 6.92 Å². The molecule has 2 aromatic carbocycles. The van der Waals surface area contributed by atoms with Crippen LogP contribution in [-0.2, 0) is 0 Å². The van der Waals surface area contributed by atoms with Crippen LogP contribution in [0.15, 0.2) is 48.8 Å². The second kappa shape index (κ2) is 6.80. The lowest BCUT2D eigenvalue weighted by molar-refractivity contribution is 0.0819. The molecule has 3 rings (SSSR count). The van der Waals surface area contributed by atoms with Crippen LogP contribution in [0, 0.1) is 5.82 Å². The van der Waals surface area contributed by atoms with Gasteiger partial charge < -0.3 is 15.4 Å². The Hall–Kier alpha value is -2.73. The Kier molecular flexibility index (Phi) is 4.57. The standard InChI is InChI=1S/C18H18FN3O2/c1-2-14(17(23)12-5-3-4-6-13(12)19)22-18(24)11-7-8-15-16(9-11)21-10-20-15/h3-10,14,17,23H,2H2,1H3,(H,20,21)(H,22,24)/t14-,17-/m1/s1. The van der Waals surface area contributed by atoms with E-state index in [1.165, 1.54) is 12.1 Å². The molecule has 0 aliphatic carbocycles. The molecule has 0 unspecified atom stereocenters. The van der Waals surface area contributed by atoms with E-state index >= 15 is 0 Å². The number of hydrogen-bond acceptors (Lipinski definition) is 3. The van der Waals surface area contributed by atoms with Gasteiger partial charge in [-0.1, -0.05) is 25.1 Å². The molecule has 6 heteroatoms. The Labute approximate surface area is 138 Å². The van der Waals surface area contributed by atoms with Crippen molar-refractivity contribution in [3.8, 4) is 0 Å². The minimum Gasteiger partial charge on any atom is -0.386 e. The van der Waals surface area contributed by atoms with Crippen molar-refractivity contribution in [1.29, 1.82) is 0 Å². The average molecular weight is 327 g/mol. The summed E-state index contributed by atoms with van der Waals surface area (Å²) in [6, 6.07) is 10.5. The highest BCUT2D eigenvalue weighted by Gasteiger charge is 2.24. The quantitative estimate of drug-likeness (QED) is 0.674. The van der Waals surface area contributed by atoms with Gasteiger partial charge in [-0.05, 0) is 30.7 Å². The van der Waals surface area contributed by atoms with Crippen LogP contribution < -0.4 is 5.32 Å². The van der Waals surface area contributed by atoms with Gasteiger partial charge in [-0.25, -0.2) is 9.37 Å². The molecule has 5 nitrogen and oxygen atoms in total. The minimum absolute atomic E-state index is 0.175. The number of benzene rings is 2. The molecule has 0 saturated carbocycles. The molecule has 2 atom stereocenters. The first-order chi connectivity index (χ1) is 11.6. The number of halogens is 1. The van der Waals surface area contributed by atoms with Gasteiger partial charge in [-0.2, -0.15) is 0 Å². The number of rotatable bonds is 5. The Bertz CT molecular complexity index is 862. The minimum atomic E-state index is -1.11. The molecular formula is C18H18FN3O2. The second-order valence-electron chi connectivity index (χ2n) is 5.59. The first-order valence-electron chi connectivity index (χ1n) is 7.76. The van der Waals surface area contributed by atoms with E-state index in [0.29, 0.717) is 12.0 Å². The Morgan fingerprint density at radius 3 is 2.88 bits per heavy atom. The molecule has 0 spiro atoms. The summed E-state index contributed by atoms with van der Waals surface area (Å²) in [5.41, 5.74) is 2.15. The number of fused-ring (bicyclic) bond motifs is 1. The highest BCUT2D eigenvalue weighted by molar-refractivity contribution is 5.97. The van der Waals surface area contributed by atoms with Crippen molar-refractivity contribution in [2.24, 2.45) is 0 Å². The molecular weight excluding hydrogens is 309 g/mol. The van der Waals surface area contributed by atoms with Crippen LogP contribution in [0.1, 0.15) is 35.4 Å². The fraction of sp³-hybridized carbons (Fsp3) is 0.222. The maximum absolute atomic E-state index is 13.9. The summed E-state index contributed by atoms with van der Waals surface area (Å²) in [4.78, 5) is 19.5. The largest absolute Gasteiger partial charge is 0.386 e. The van der Waals surface area contributed by atoms with Crippen LogP contribution in [0.25, 0.3) is 11.0 Å².